The van der Waals surface area contributed by atoms with Crippen LogP contribution in [0, 0.1) is 11.3 Å². The molecule has 0 bridgehead atoms. The molecule has 0 spiro atoms. The highest BCUT2D eigenvalue weighted by Crippen LogP contribution is 2.20. The number of nitrogens with two attached hydrogens (primary N) is 1. The first-order valence-electron chi connectivity index (χ1n) is 10.6. The van der Waals surface area contributed by atoms with E-state index in [4.69, 9.17) is 5.73 Å². The Bertz CT molecular complexity index is 824. The summed E-state index contributed by atoms with van der Waals surface area (Å²) >= 11 is 0. The molecule has 1 aliphatic rings. The molecule has 0 radical (unpaired) electrons. The molecule has 2 aromatic carbocycles. The first-order valence-corrected chi connectivity index (χ1v) is 10.6. The van der Waals surface area contributed by atoms with E-state index in [-0.39, 0.29) is 0 Å². The van der Waals surface area contributed by atoms with Gasteiger partial charge >= 0.3 is 0 Å². The lowest BCUT2D eigenvalue weighted by molar-refractivity contribution is 0.140. The summed E-state index contributed by atoms with van der Waals surface area (Å²) in [6.07, 6.45) is 2.17. The van der Waals surface area contributed by atoms with E-state index in [1.54, 1.807) is 0 Å². The second-order valence-corrected chi connectivity index (χ2v) is 8.08. The van der Waals surface area contributed by atoms with Crippen LogP contribution in [0.2, 0.25) is 0 Å². The number of likely N-dealkylation sites (tertiary alicyclic amines) is 1. The predicted molar refractivity (Wildman–Crippen MR) is 119 cm³/mol. The van der Waals surface area contributed by atoms with Crippen LogP contribution < -0.4 is 16.4 Å². The van der Waals surface area contributed by atoms with Crippen LogP contribution in [-0.2, 0) is 19.6 Å². The molecule has 1 aliphatic heterocycles. The van der Waals surface area contributed by atoms with Gasteiger partial charge in [-0.2, -0.15) is 5.26 Å². The minimum Gasteiger partial charge on any atom is -0.381 e. The van der Waals surface area contributed by atoms with Gasteiger partial charge in [-0.3, -0.25) is 4.90 Å². The van der Waals surface area contributed by atoms with E-state index in [9.17, 15) is 5.26 Å². The molecular formula is C24H33N5. The van der Waals surface area contributed by atoms with Crippen LogP contribution >= 0.6 is 0 Å². The largest absolute Gasteiger partial charge is 0.381 e. The SMILES string of the molecule is CCNCc1cc(C#N)cc(NCc2ccc(CN3CCC(N)CC3C)cc2)c1. The van der Waals surface area contributed by atoms with Crippen LogP contribution in [0.1, 0.15) is 48.9 Å². The summed E-state index contributed by atoms with van der Waals surface area (Å²) in [5, 5.41) is 16.1. The van der Waals surface area contributed by atoms with Crippen molar-refractivity contribution >= 4 is 5.69 Å². The molecule has 0 saturated carbocycles. The molecule has 29 heavy (non-hydrogen) atoms. The number of benzene rings is 2. The van der Waals surface area contributed by atoms with Gasteiger partial charge in [0.2, 0.25) is 0 Å². The first-order chi connectivity index (χ1) is 14.1. The topological polar surface area (TPSA) is 77.1 Å². The van der Waals surface area contributed by atoms with Gasteiger partial charge in [0.05, 0.1) is 11.6 Å². The lowest BCUT2D eigenvalue weighted by Gasteiger charge is -2.36. The van der Waals surface area contributed by atoms with E-state index in [1.165, 1.54) is 11.1 Å². The van der Waals surface area contributed by atoms with Gasteiger partial charge in [-0.05, 0) is 61.2 Å². The minimum atomic E-state index is 0.354. The number of anilines is 1. The van der Waals surface area contributed by atoms with Crippen LogP contribution in [0.4, 0.5) is 5.69 Å². The first kappa shape index (κ1) is 21.3. The van der Waals surface area contributed by atoms with E-state index in [2.05, 4.69) is 65.8 Å². The molecule has 4 N–H and O–H groups in total. The predicted octanol–water partition coefficient (Wildman–Crippen LogP) is 3.59. The number of piperidine rings is 1. The van der Waals surface area contributed by atoms with Crippen LogP contribution in [0.5, 0.6) is 0 Å². The Morgan fingerprint density at radius 1 is 1.10 bits per heavy atom. The lowest BCUT2D eigenvalue weighted by atomic mass is 9.98. The Kier molecular flexibility index (Phi) is 7.65. The zero-order chi connectivity index (χ0) is 20.6. The second-order valence-electron chi connectivity index (χ2n) is 8.08. The molecule has 5 nitrogen and oxygen atoms in total. The Morgan fingerprint density at radius 2 is 1.86 bits per heavy atom. The monoisotopic (exact) mass is 391 g/mol. The molecule has 2 atom stereocenters. The molecule has 2 unspecified atom stereocenters. The summed E-state index contributed by atoms with van der Waals surface area (Å²) in [7, 11) is 0. The van der Waals surface area contributed by atoms with Crippen molar-refractivity contribution in [1.82, 2.24) is 10.2 Å². The van der Waals surface area contributed by atoms with E-state index in [0.29, 0.717) is 17.6 Å². The van der Waals surface area contributed by atoms with Crippen LogP contribution in [0.3, 0.4) is 0 Å². The average Bonchev–Trinajstić information content (AvgIpc) is 2.73. The van der Waals surface area contributed by atoms with Crippen molar-refractivity contribution in [3.05, 3.63) is 64.7 Å². The quantitative estimate of drug-likeness (QED) is 0.641. The van der Waals surface area contributed by atoms with Gasteiger partial charge in [-0.15, -0.1) is 0 Å². The molecule has 5 heteroatoms. The molecule has 1 saturated heterocycles. The summed E-state index contributed by atoms with van der Waals surface area (Å²) in [4.78, 5) is 2.52. The van der Waals surface area contributed by atoms with Crippen molar-refractivity contribution in [2.75, 3.05) is 18.4 Å². The second kappa shape index (κ2) is 10.4. The zero-order valence-electron chi connectivity index (χ0n) is 17.6. The molecule has 0 amide bonds. The molecule has 0 aromatic heterocycles. The number of nitrogens with zero attached hydrogens (tertiary/aromatic N) is 2. The Hall–Kier alpha value is -2.39. The van der Waals surface area contributed by atoms with Gasteiger partial charge in [-0.25, -0.2) is 0 Å². The Morgan fingerprint density at radius 3 is 2.55 bits per heavy atom. The summed E-state index contributed by atoms with van der Waals surface area (Å²) in [6.45, 7) is 8.85. The Labute approximate surface area is 174 Å². The van der Waals surface area contributed by atoms with Gasteiger partial charge in [0, 0.05) is 44.0 Å². The fourth-order valence-electron chi connectivity index (χ4n) is 3.92. The van der Waals surface area contributed by atoms with Crippen molar-refractivity contribution in [3.63, 3.8) is 0 Å². The van der Waals surface area contributed by atoms with Gasteiger partial charge in [0.1, 0.15) is 0 Å². The maximum Gasteiger partial charge on any atom is 0.0992 e. The van der Waals surface area contributed by atoms with Crippen molar-refractivity contribution in [2.45, 2.75) is 58.4 Å². The van der Waals surface area contributed by atoms with Crippen molar-refractivity contribution in [1.29, 1.82) is 5.26 Å². The molecule has 1 fully saturated rings. The molecule has 0 aliphatic carbocycles. The van der Waals surface area contributed by atoms with Gasteiger partial charge in [-0.1, -0.05) is 31.2 Å². The number of rotatable bonds is 8. The third-order valence-corrected chi connectivity index (χ3v) is 5.66. The third kappa shape index (κ3) is 6.30. The van der Waals surface area contributed by atoms with E-state index >= 15 is 0 Å². The smallest absolute Gasteiger partial charge is 0.0992 e. The highest BCUT2D eigenvalue weighted by atomic mass is 15.2. The number of nitriles is 1. The summed E-state index contributed by atoms with van der Waals surface area (Å²) in [6, 6.07) is 17.9. The molecule has 2 aromatic rings. The lowest BCUT2D eigenvalue weighted by Crippen LogP contribution is -2.44. The normalized spacial score (nSPS) is 19.7. The maximum absolute atomic E-state index is 9.29. The van der Waals surface area contributed by atoms with Crippen molar-refractivity contribution < 1.29 is 0 Å². The summed E-state index contributed by atoms with van der Waals surface area (Å²) < 4.78 is 0. The standard InChI is InChI=1S/C24H33N5/c1-3-27-15-22-11-21(14-25)12-24(13-22)28-16-19-4-6-20(7-5-19)17-29-9-8-23(26)10-18(29)2/h4-7,11-13,18,23,27-28H,3,8-10,15-17,26H2,1-2H3. The molecular weight excluding hydrogens is 358 g/mol. The number of hydrogen-bond acceptors (Lipinski definition) is 5. The van der Waals surface area contributed by atoms with E-state index in [1.807, 2.05) is 12.1 Å². The van der Waals surface area contributed by atoms with Crippen molar-refractivity contribution in [3.8, 4) is 6.07 Å². The van der Waals surface area contributed by atoms with Gasteiger partial charge in [0.15, 0.2) is 0 Å². The highest BCUT2D eigenvalue weighted by molar-refractivity contribution is 5.52. The molecule has 3 rings (SSSR count). The number of nitrogens with one attached hydrogen (secondary N) is 2. The Balaban J connectivity index is 1.57. The average molecular weight is 392 g/mol. The van der Waals surface area contributed by atoms with Gasteiger partial charge in [0.25, 0.3) is 0 Å². The van der Waals surface area contributed by atoms with E-state index in [0.717, 1.165) is 56.8 Å². The van der Waals surface area contributed by atoms with Crippen LogP contribution in [0.15, 0.2) is 42.5 Å². The zero-order valence-corrected chi connectivity index (χ0v) is 17.6. The summed E-state index contributed by atoms with van der Waals surface area (Å²) in [5.74, 6) is 0. The van der Waals surface area contributed by atoms with Gasteiger partial charge < -0.3 is 16.4 Å². The van der Waals surface area contributed by atoms with E-state index < -0.39 is 0 Å². The number of hydrogen-bond donors (Lipinski definition) is 3. The van der Waals surface area contributed by atoms with Crippen molar-refractivity contribution in [2.24, 2.45) is 5.73 Å². The third-order valence-electron chi connectivity index (χ3n) is 5.66. The maximum atomic E-state index is 9.29. The molecule has 1 heterocycles. The fourth-order valence-corrected chi connectivity index (χ4v) is 3.92. The van der Waals surface area contributed by atoms with Crippen LogP contribution in [-0.4, -0.2) is 30.1 Å². The van der Waals surface area contributed by atoms with Crippen LogP contribution in [0.25, 0.3) is 0 Å². The fraction of sp³-hybridized carbons (Fsp3) is 0.458. The highest BCUT2D eigenvalue weighted by Gasteiger charge is 2.22. The molecule has 154 valence electrons. The summed E-state index contributed by atoms with van der Waals surface area (Å²) in [5.41, 5.74) is 11.5. The minimum absolute atomic E-state index is 0.354.